The molecule has 1 atom stereocenters. The van der Waals surface area contributed by atoms with Crippen molar-refractivity contribution in [3.8, 4) is 11.4 Å². The van der Waals surface area contributed by atoms with Gasteiger partial charge in [-0.25, -0.2) is 4.39 Å². The van der Waals surface area contributed by atoms with Crippen molar-refractivity contribution in [1.29, 1.82) is 0 Å². The quantitative estimate of drug-likeness (QED) is 0.525. The molecular formula is C22H29FN4O2S. The van der Waals surface area contributed by atoms with Crippen molar-refractivity contribution in [3.05, 3.63) is 30.1 Å². The number of aromatic nitrogens is 3. The lowest BCUT2D eigenvalue weighted by molar-refractivity contribution is -0.119. The van der Waals surface area contributed by atoms with Crippen LogP contribution in [0, 0.1) is 5.82 Å². The van der Waals surface area contributed by atoms with Crippen molar-refractivity contribution < 1.29 is 13.9 Å². The Bertz CT molecular complexity index is 828. The number of rotatable bonds is 7. The molecule has 2 heterocycles. The van der Waals surface area contributed by atoms with Crippen molar-refractivity contribution in [1.82, 2.24) is 20.1 Å². The molecule has 0 unspecified atom stereocenters. The molecule has 4 rings (SSSR count). The van der Waals surface area contributed by atoms with E-state index in [1.54, 1.807) is 12.1 Å². The van der Waals surface area contributed by atoms with Gasteiger partial charge in [-0.1, -0.05) is 37.4 Å². The van der Waals surface area contributed by atoms with Crippen LogP contribution in [0.3, 0.4) is 0 Å². The standard InChI is InChI=1S/C22H29FN4O2S/c23-17-11-9-16(10-12-17)21-25-26-22(27(21)14-19-8-5-13-29-19)30-15-20(28)24-18-6-3-1-2-4-7-18/h9-12,18-19H,1-8,13-15H2,(H,24,28)/t19-/m1/s1. The average molecular weight is 433 g/mol. The third-order valence-electron chi connectivity index (χ3n) is 5.78. The zero-order chi connectivity index (χ0) is 20.8. The number of thioether (sulfide) groups is 1. The van der Waals surface area contributed by atoms with Gasteiger partial charge in [-0.15, -0.1) is 10.2 Å². The minimum Gasteiger partial charge on any atom is -0.376 e. The Balaban J connectivity index is 1.44. The van der Waals surface area contributed by atoms with Crippen molar-refractivity contribution >= 4 is 17.7 Å². The highest BCUT2D eigenvalue weighted by atomic mass is 32.2. The van der Waals surface area contributed by atoms with Crippen LogP contribution < -0.4 is 5.32 Å². The van der Waals surface area contributed by atoms with E-state index in [1.165, 1.54) is 49.6 Å². The van der Waals surface area contributed by atoms with E-state index in [9.17, 15) is 9.18 Å². The number of ether oxygens (including phenoxy) is 1. The maximum atomic E-state index is 13.4. The molecule has 1 saturated carbocycles. The van der Waals surface area contributed by atoms with Gasteiger partial charge in [0.05, 0.1) is 18.4 Å². The maximum absolute atomic E-state index is 13.4. The highest BCUT2D eigenvalue weighted by molar-refractivity contribution is 7.99. The molecule has 8 heteroatoms. The fraction of sp³-hybridized carbons (Fsp3) is 0.591. The molecule has 1 aromatic carbocycles. The molecule has 2 fully saturated rings. The van der Waals surface area contributed by atoms with Crippen LogP contribution in [0.1, 0.15) is 51.4 Å². The molecule has 1 amide bonds. The van der Waals surface area contributed by atoms with Crippen molar-refractivity contribution in [2.75, 3.05) is 12.4 Å². The van der Waals surface area contributed by atoms with Crippen LogP contribution in [-0.2, 0) is 16.1 Å². The zero-order valence-electron chi connectivity index (χ0n) is 17.2. The fourth-order valence-electron chi connectivity index (χ4n) is 4.19. The van der Waals surface area contributed by atoms with Crippen LogP contribution in [0.15, 0.2) is 29.4 Å². The highest BCUT2D eigenvalue weighted by Gasteiger charge is 2.23. The number of hydrogen-bond donors (Lipinski definition) is 1. The average Bonchev–Trinajstić information content (AvgIpc) is 3.32. The Kier molecular flexibility index (Phi) is 7.38. The summed E-state index contributed by atoms with van der Waals surface area (Å²) in [5.41, 5.74) is 0.802. The maximum Gasteiger partial charge on any atom is 0.230 e. The molecule has 2 aromatic rings. The molecule has 2 aliphatic rings. The molecule has 6 nitrogen and oxygen atoms in total. The van der Waals surface area contributed by atoms with Gasteiger partial charge in [0.1, 0.15) is 5.82 Å². The molecule has 1 aromatic heterocycles. The van der Waals surface area contributed by atoms with Gasteiger partial charge in [0.15, 0.2) is 11.0 Å². The Morgan fingerprint density at radius 2 is 1.87 bits per heavy atom. The molecule has 0 radical (unpaired) electrons. The van der Waals surface area contributed by atoms with Crippen molar-refractivity contribution in [3.63, 3.8) is 0 Å². The minimum atomic E-state index is -0.284. The van der Waals surface area contributed by atoms with E-state index in [4.69, 9.17) is 4.74 Å². The summed E-state index contributed by atoms with van der Waals surface area (Å²) in [5, 5.41) is 12.6. The SMILES string of the molecule is O=C(CSc1nnc(-c2ccc(F)cc2)n1C[C@H]1CCCO1)NC1CCCCCC1. The third kappa shape index (κ3) is 5.60. The lowest BCUT2D eigenvalue weighted by Crippen LogP contribution is -2.35. The second kappa shape index (κ2) is 10.4. The number of amides is 1. The number of hydrogen-bond acceptors (Lipinski definition) is 5. The van der Waals surface area contributed by atoms with Gasteiger partial charge in [-0.3, -0.25) is 9.36 Å². The minimum absolute atomic E-state index is 0.0434. The molecule has 162 valence electrons. The number of nitrogens with one attached hydrogen (secondary N) is 1. The van der Waals surface area contributed by atoms with Crippen molar-refractivity contribution in [2.24, 2.45) is 0 Å². The van der Waals surface area contributed by atoms with Gasteiger partial charge in [0.2, 0.25) is 5.91 Å². The van der Waals surface area contributed by atoms with E-state index < -0.39 is 0 Å². The van der Waals surface area contributed by atoms with Crippen molar-refractivity contribution in [2.45, 2.75) is 75.2 Å². The predicted molar refractivity (Wildman–Crippen MR) is 115 cm³/mol. The summed E-state index contributed by atoms with van der Waals surface area (Å²) in [6.45, 7) is 1.40. The monoisotopic (exact) mass is 432 g/mol. The molecule has 1 aliphatic carbocycles. The Labute approximate surface area is 181 Å². The van der Waals surface area contributed by atoms with Crippen LogP contribution in [0.5, 0.6) is 0 Å². The highest BCUT2D eigenvalue weighted by Crippen LogP contribution is 2.27. The molecule has 1 N–H and O–H groups in total. The largest absolute Gasteiger partial charge is 0.376 e. The molecule has 1 aliphatic heterocycles. The Morgan fingerprint density at radius 1 is 1.10 bits per heavy atom. The van der Waals surface area contributed by atoms with Gasteiger partial charge in [0.25, 0.3) is 0 Å². The summed E-state index contributed by atoms with van der Waals surface area (Å²) in [4.78, 5) is 12.5. The third-order valence-corrected chi connectivity index (χ3v) is 6.75. The van der Waals surface area contributed by atoms with Gasteiger partial charge in [-0.2, -0.15) is 0 Å². The lowest BCUT2D eigenvalue weighted by atomic mass is 10.1. The second-order valence-electron chi connectivity index (χ2n) is 8.10. The second-order valence-corrected chi connectivity index (χ2v) is 9.05. The molecule has 0 bridgehead atoms. The van der Waals surface area contributed by atoms with E-state index in [1.807, 2.05) is 4.57 Å². The van der Waals surface area contributed by atoms with Gasteiger partial charge in [0, 0.05) is 18.2 Å². The van der Waals surface area contributed by atoms with E-state index in [-0.39, 0.29) is 17.8 Å². The number of carbonyl (C=O) groups is 1. The van der Waals surface area contributed by atoms with E-state index in [2.05, 4.69) is 15.5 Å². The molecular weight excluding hydrogens is 403 g/mol. The zero-order valence-corrected chi connectivity index (χ0v) is 18.0. The molecule has 0 spiro atoms. The van der Waals surface area contributed by atoms with E-state index in [0.29, 0.717) is 29.3 Å². The first-order valence-electron chi connectivity index (χ1n) is 10.9. The van der Waals surface area contributed by atoms with Crippen LogP contribution in [0.25, 0.3) is 11.4 Å². The van der Waals surface area contributed by atoms with Crippen LogP contribution in [0.2, 0.25) is 0 Å². The lowest BCUT2D eigenvalue weighted by Gasteiger charge is -2.17. The predicted octanol–water partition coefficient (Wildman–Crippen LogP) is 4.19. The van der Waals surface area contributed by atoms with Gasteiger partial charge < -0.3 is 10.1 Å². The first kappa shape index (κ1) is 21.3. The van der Waals surface area contributed by atoms with Gasteiger partial charge in [-0.05, 0) is 49.9 Å². The summed E-state index contributed by atoms with van der Waals surface area (Å²) in [6, 6.07) is 6.55. The summed E-state index contributed by atoms with van der Waals surface area (Å²) in [5.74, 6) is 0.747. The summed E-state index contributed by atoms with van der Waals surface area (Å²) in [7, 11) is 0. The van der Waals surface area contributed by atoms with Gasteiger partial charge >= 0.3 is 0 Å². The first-order valence-corrected chi connectivity index (χ1v) is 11.9. The number of benzene rings is 1. The van der Waals surface area contributed by atoms with Crippen LogP contribution >= 0.6 is 11.8 Å². The number of halogens is 1. The normalized spacial score (nSPS) is 20.2. The summed E-state index contributed by atoms with van der Waals surface area (Å²) < 4.78 is 21.2. The van der Waals surface area contributed by atoms with Crippen LogP contribution in [-0.4, -0.2) is 45.2 Å². The molecule has 1 saturated heterocycles. The molecule has 30 heavy (non-hydrogen) atoms. The van der Waals surface area contributed by atoms with E-state index in [0.717, 1.165) is 37.9 Å². The summed E-state index contributed by atoms with van der Waals surface area (Å²) in [6.07, 6.45) is 9.20. The topological polar surface area (TPSA) is 69.0 Å². The summed E-state index contributed by atoms with van der Waals surface area (Å²) >= 11 is 1.40. The van der Waals surface area contributed by atoms with Crippen LogP contribution in [0.4, 0.5) is 4.39 Å². The number of carbonyl (C=O) groups excluding carboxylic acids is 1. The Hall–Kier alpha value is -1.93. The first-order chi connectivity index (χ1) is 14.7. The Morgan fingerprint density at radius 3 is 2.57 bits per heavy atom. The van der Waals surface area contributed by atoms with E-state index >= 15 is 0 Å². The smallest absolute Gasteiger partial charge is 0.230 e. The number of nitrogens with zero attached hydrogens (tertiary/aromatic N) is 3. The fourth-order valence-corrected chi connectivity index (χ4v) is 4.95.